The molecule has 0 unspecified atom stereocenters. The number of hydrogen-bond donors (Lipinski definition) is 0. The lowest BCUT2D eigenvalue weighted by Gasteiger charge is -2.44. The lowest BCUT2D eigenvalue weighted by atomic mass is 9.12. The second-order valence-electron chi connectivity index (χ2n) is 12.2. The summed E-state index contributed by atoms with van der Waals surface area (Å²) in [5.41, 5.74) is -12.4. The van der Waals surface area contributed by atoms with Crippen LogP contribution in [0.2, 0.25) is 0 Å². The minimum Gasteiger partial charge on any atom is -0.289 e. The number of rotatable bonds is 7. The molecule has 310 valence electrons. The van der Waals surface area contributed by atoms with Crippen molar-refractivity contribution < 1.29 is 92.6 Å². The van der Waals surface area contributed by atoms with Crippen LogP contribution in [0.5, 0.6) is 0 Å². The average molecular weight is 874 g/mol. The SMILES string of the molecule is Cc1ccccc1C(=O)C[S+](C)C.Fc1c(F)c(F)c([B-](c2c(F)c(F)c(F)c(F)c2F)(c2c(F)c(F)c(F)c(F)c2F)c2c(F)c(F)c(F)c(F)c2F)c(F)c1F. The number of hydrogen-bond acceptors (Lipinski definition) is 1. The Morgan fingerprint density at radius 2 is 0.603 bits per heavy atom. The van der Waals surface area contributed by atoms with E-state index >= 15 is 35.1 Å². The molecule has 0 bridgehead atoms. The fourth-order valence-corrected chi connectivity index (χ4v) is 6.78. The van der Waals surface area contributed by atoms with Gasteiger partial charge in [-0.05, 0) is 23.4 Å². The molecule has 0 amide bonds. The molecular weight excluding hydrogens is 859 g/mol. The molecule has 0 saturated carbocycles. The molecule has 0 aromatic heterocycles. The summed E-state index contributed by atoms with van der Waals surface area (Å²) < 4.78 is 294. The van der Waals surface area contributed by atoms with Gasteiger partial charge in [-0.1, -0.05) is 24.3 Å². The first-order valence-corrected chi connectivity index (χ1v) is 17.4. The lowest BCUT2D eigenvalue weighted by molar-refractivity contribution is 0.102. The van der Waals surface area contributed by atoms with Gasteiger partial charge in [-0.3, -0.25) is 4.79 Å². The Kier molecular flexibility index (Phi) is 13.0. The lowest BCUT2D eigenvalue weighted by Crippen LogP contribution is -2.81. The molecule has 5 rings (SSSR count). The highest BCUT2D eigenvalue weighted by Crippen LogP contribution is 2.30. The van der Waals surface area contributed by atoms with E-state index in [1.165, 1.54) is 0 Å². The molecule has 0 N–H and O–H groups in total. The largest absolute Gasteiger partial charge is 0.289 e. The van der Waals surface area contributed by atoms with Gasteiger partial charge in [0.05, 0.1) is 12.5 Å². The molecule has 0 aliphatic rings. The second kappa shape index (κ2) is 16.6. The van der Waals surface area contributed by atoms with Gasteiger partial charge in [-0.25, -0.2) is 87.8 Å². The van der Waals surface area contributed by atoms with Crippen LogP contribution in [-0.4, -0.2) is 30.2 Å². The molecule has 0 fully saturated rings. The van der Waals surface area contributed by atoms with Crippen molar-refractivity contribution in [2.24, 2.45) is 0 Å². The number of benzene rings is 5. The monoisotopic (exact) mass is 874 g/mol. The second-order valence-corrected chi connectivity index (χ2v) is 14.4. The minimum atomic E-state index is -7.22. The van der Waals surface area contributed by atoms with Gasteiger partial charge in [0.25, 0.3) is 0 Å². The molecular formula is C35H15BF20OS. The van der Waals surface area contributed by atoms with Gasteiger partial charge in [0.2, 0.25) is 5.78 Å². The molecule has 5 aromatic rings. The van der Waals surface area contributed by atoms with Gasteiger partial charge in [-0.15, -0.1) is 21.9 Å². The molecule has 23 heteroatoms. The highest BCUT2D eigenvalue weighted by molar-refractivity contribution is 7.96. The van der Waals surface area contributed by atoms with Crippen LogP contribution in [0.15, 0.2) is 24.3 Å². The highest BCUT2D eigenvalue weighted by atomic mass is 32.2. The van der Waals surface area contributed by atoms with Crippen LogP contribution in [0.25, 0.3) is 0 Å². The van der Waals surface area contributed by atoms with Crippen molar-refractivity contribution in [3.63, 3.8) is 0 Å². The zero-order chi connectivity index (χ0) is 44.2. The number of Topliss-reactive ketones (excluding diaryl/α,β-unsaturated/α-hetero) is 1. The number of carbonyl (C=O) groups excluding carboxylic acids is 1. The zero-order valence-corrected chi connectivity index (χ0v) is 29.3. The Balaban J connectivity index is 0.000000486. The third kappa shape index (κ3) is 7.03. The number of halogens is 20. The van der Waals surface area contributed by atoms with Crippen LogP contribution in [0.3, 0.4) is 0 Å². The first-order valence-electron chi connectivity index (χ1n) is 15.2. The van der Waals surface area contributed by atoms with Crippen LogP contribution in [0.1, 0.15) is 15.9 Å². The van der Waals surface area contributed by atoms with Crippen molar-refractivity contribution in [3.05, 3.63) is 152 Å². The van der Waals surface area contributed by atoms with Crippen molar-refractivity contribution in [1.29, 1.82) is 0 Å². The smallest absolute Gasteiger partial charge is 0.212 e. The maximum absolute atomic E-state index is 15.4. The summed E-state index contributed by atoms with van der Waals surface area (Å²) in [7, 11) is 0.196. The van der Waals surface area contributed by atoms with Crippen LogP contribution < -0.4 is 21.9 Å². The molecule has 0 atom stereocenters. The Bertz CT molecular complexity index is 2120. The van der Waals surface area contributed by atoms with Gasteiger partial charge in [0.1, 0.15) is 52.7 Å². The summed E-state index contributed by atoms with van der Waals surface area (Å²) in [6.07, 6.45) is -3.03. The van der Waals surface area contributed by atoms with Crippen molar-refractivity contribution in [1.82, 2.24) is 0 Å². The Hall–Kier alpha value is -5.22. The van der Waals surface area contributed by atoms with Gasteiger partial charge in [-0.2, -0.15) is 0 Å². The van der Waals surface area contributed by atoms with E-state index in [4.69, 9.17) is 0 Å². The predicted molar refractivity (Wildman–Crippen MR) is 169 cm³/mol. The maximum Gasteiger partial charge on any atom is 0.212 e. The third-order valence-electron chi connectivity index (χ3n) is 8.57. The quantitative estimate of drug-likeness (QED) is 0.0407. The summed E-state index contributed by atoms with van der Waals surface area (Å²) in [5.74, 6) is -70.5. The summed E-state index contributed by atoms with van der Waals surface area (Å²) in [5, 5.41) is 0. The van der Waals surface area contributed by atoms with Gasteiger partial charge in [0.15, 0.2) is 75.6 Å². The fourth-order valence-electron chi connectivity index (χ4n) is 6.10. The standard InChI is InChI=1S/C24BF20.C11H15OS/c26-5-1(6(27)14(35)21(42)13(5)34)25(2-7(28)15(36)22(43)16(37)8(2)29,3-9(30)17(38)23(44)18(39)10(3)31)4-11(32)19(40)24(45)20(41)12(4)33;1-9-6-4-5-7-10(9)11(12)8-13(2)3/h;4-7H,8H2,1-3H3/q-1;+1. The summed E-state index contributed by atoms with van der Waals surface area (Å²) in [6.45, 7) is 1.98. The van der Waals surface area contributed by atoms with E-state index in [2.05, 4.69) is 12.5 Å². The van der Waals surface area contributed by atoms with Crippen LogP contribution in [0, 0.1) is 123 Å². The predicted octanol–water partition coefficient (Wildman–Crippen LogP) is 7.90. The Labute approximate surface area is 314 Å². The van der Waals surface area contributed by atoms with E-state index in [0.717, 1.165) is 11.1 Å². The molecule has 0 saturated heterocycles. The molecule has 0 spiro atoms. The topological polar surface area (TPSA) is 17.1 Å². The molecule has 0 heterocycles. The normalized spacial score (nSPS) is 11.7. The Morgan fingerprint density at radius 3 is 0.810 bits per heavy atom. The van der Waals surface area contributed by atoms with Crippen molar-refractivity contribution in [2.45, 2.75) is 6.92 Å². The summed E-state index contributed by atoms with van der Waals surface area (Å²) in [6, 6.07) is 7.77. The van der Waals surface area contributed by atoms with Crippen LogP contribution in [-0.2, 0) is 10.9 Å². The molecule has 0 radical (unpaired) electrons. The van der Waals surface area contributed by atoms with Gasteiger partial charge >= 0.3 is 0 Å². The summed E-state index contributed by atoms with van der Waals surface area (Å²) >= 11 is 0. The van der Waals surface area contributed by atoms with Crippen molar-refractivity contribution >= 4 is 44.7 Å². The zero-order valence-electron chi connectivity index (χ0n) is 28.5. The third-order valence-corrected chi connectivity index (χ3v) is 9.41. The first kappa shape index (κ1) is 45.5. The maximum atomic E-state index is 15.4. The molecule has 0 aliphatic carbocycles. The van der Waals surface area contributed by atoms with Gasteiger partial charge in [0, 0.05) is 5.56 Å². The Morgan fingerprint density at radius 1 is 0.397 bits per heavy atom. The minimum absolute atomic E-state index is 0.196. The van der Waals surface area contributed by atoms with E-state index < -0.39 is 144 Å². The molecule has 5 aromatic carbocycles. The molecule has 0 aliphatic heterocycles. The van der Waals surface area contributed by atoms with Crippen molar-refractivity contribution in [3.8, 4) is 0 Å². The van der Waals surface area contributed by atoms with E-state index in [1.54, 1.807) is 0 Å². The van der Waals surface area contributed by atoms with E-state index in [1.807, 2.05) is 31.2 Å². The number of carbonyl (C=O) groups is 1. The van der Waals surface area contributed by atoms with E-state index in [0.29, 0.717) is 5.75 Å². The number of ketones is 1. The highest BCUT2D eigenvalue weighted by Gasteiger charge is 2.52. The van der Waals surface area contributed by atoms with E-state index in [9.17, 15) is 57.5 Å². The fraction of sp³-hybridized carbons (Fsp3) is 0.114. The van der Waals surface area contributed by atoms with Crippen LogP contribution >= 0.6 is 0 Å². The average Bonchev–Trinajstić information content (AvgIpc) is 3.17. The van der Waals surface area contributed by atoms with Crippen LogP contribution in [0.4, 0.5) is 87.8 Å². The number of aryl methyl sites for hydroxylation is 1. The molecule has 1 nitrogen and oxygen atoms in total. The molecule has 58 heavy (non-hydrogen) atoms. The summed E-state index contributed by atoms with van der Waals surface area (Å²) in [4.78, 5) is 11.7. The van der Waals surface area contributed by atoms with Crippen molar-refractivity contribution in [2.75, 3.05) is 18.3 Å². The van der Waals surface area contributed by atoms with E-state index in [-0.39, 0.29) is 16.7 Å². The first-order chi connectivity index (χ1) is 26.8. The van der Waals surface area contributed by atoms with Gasteiger partial charge < -0.3 is 0 Å².